The Morgan fingerprint density at radius 3 is 2.88 bits per heavy atom. The molecule has 1 aromatic rings. The SMILES string of the molecule is CNCC1CCN(Cc2ccc(O)c(O)c2)C1. The van der Waals surface area contributed by atoms with E-state index in [1.54, 1.807) is 12.1 Å². The fourth-order valence-electron chi connectivity index (χ4n) is 2.44. The van der Waals surface area contributed by atoms with Crippen LogP contribution in [0, 0.1) is 5.92 Å². The first-order valence-corrected chi connectivity index (χ1v) is 6.07. The van der Waals surface area contributed by atoms with Crippen molar-refractivity contribution in [3.8, 4) is 11.5 Å². The molecule has 1 unspecified atom stereocenters. The van der Waals surface area contributed by atoms with Gasteiger partial charge in [0.2, 0.25) is 0 Å². The van der Waals surface area contributed by atoms with Crippen molar-refractivity contribution in [3.05, 3.63) is 23.8 Å². The highest BCUT2D eigenvalue weighted by Gasteiger charge is 2.21. The minimum atomic E-state index is -0.0526. The molecule has 1 aromatic carbocycles. The zero-order chi connectivity index (χ0) is 12.3. The summed E-state index contributed by atoms with van der Waals surface area (Å²) in [6.45, 7) is 4.11. The normalized spacial score (nSPS) is 20.9. The standard InChI is InChI=1S/C13H20N2O2/c1-14-7-11-4-5-15(9-11)8-10-2-3-12(16)13(17)6-10/h2-3,6,11,14,16-17H,4-5,7-9H2,1H3. The van der Waals surface area contributed by atoms with E-state index in [-0.39, 0.29) is 11.5 Å². The van der Waals surface area contributed by atoms with Crippen molar-refractivity contribution in [2.75, 3.05) is 26.7 Å². The van der Waals surface area contributed by atoms with Gasteiger partial charge in [0.25, 0.3) is 0 Å². The van der Waals surface area contributed by atoms with Crippen molar-refractivity contribution in [2.45, 2.75) is 13.0 Å². The zero-order valence-corrected chi connectivity index (χ0v) is 10.2. The highest BCUT2D eigenvalue weighted by atomic mass is 16.3. The number of benzene rings is 1. The third-order valence-corrected chi connectivity index (χ3v) is 3.31. The lowest BCUT2D eigenvalue weighted by Crippen LogP contribution is -2.24. The van der Waals surface area contributed by atoms with Crippen molar-refractivity contribution in [1.29, 1.82) is 0 Å². The van der Waals surface area contributed by atoms with Crippen molar-refractivity contribution >= 4 is 0 Å². The fourth-order valence-corrected chi connectivity index (χ4v) is 2.44. The minimum Gasteiger partial charge on any atom is -0.504 e. The van der Waals surface area contributed by atoms with Gasteiger partial charge in [0.15, 0.2) is 11.5 Å². The Bertz CT molecular complexity index is 382. The Morgan fingerprint density at radius 2 is 2.18 bits per heavy atom. The van der Waals surface area contributed by atoms with Crippen LogP contribution in [-0.4, -0.2) is 41.8 Å². The summed E-state index contributed by atoms with van der Waals surface area (Å²) in [4.78, 5) is 2.38. The first-order valence-electron chi connectivity index (χ1n) is 6.07. The van der Waals surface area contributed by atoms with Gasteiger partial charge in [-0.05, 0) is 50.2 Å². The Morgan fingerprint density at radius 1 is 1.35 bits per heavy atom. The highest BCUT2D eigenvalue weighted by Crippen LogP contribution is 2.26. The molecule has 94 valence electrons. The fraction of sp³-hybridized carbons (Fsp3) is 0.538. The number of phenols is 2. The van der Waals surface area contributed by atoms with E-state index in [1.807, 2.05) is 13.1 Å². The monoisotopic (exact) mass is 236 g/mol. The van der Waals surface area contributed by atoms with Crippen LogP contribution in [0.4, 0.5) is 0 Å². The summed E-state index contributed by atoms with van der Waals surface area (Å²) >= 11 is 0. The average molecular weight is 236 g/mol. The third-order valence-electron chi connectivity index (χ3n) is 3.31. The molecule has 0 aromatic heterocycles. The lowest BCUT2D eigenvalue weighted by atomic mass is 10.1. The van der Waals surface area contributed by atoms with E-state index in [4.69, 9.17) is 0 Å². The summed E-state index contributed by atoms with van der Waals surface area (Å²) in [6, 6.07) is 5.05. The average Bonchev–Trinajstić information content (AvgIpc) is 2.72. The van der Waals surface area contributed by atoms with Gasteiger partial charge in [-0.2, -0.15) is 0 Å². The lowest BCUT2D eigenvalue weighted by Gasteiger charge is -2.16. The molecule has 1 heterocycles. The van der Waals surface area contributed by atoms with E-state index in [2.05, 4.69) is 10.2 Å². The number of nitrogens with zero attached hydrogens (tertiary/aromatic N) is 1. The van der Waals surface area contributed by atoms with E-state index in [0.717, 1.165) is 37.7 Å². The van der Waals surface area contributed by atoms with E-state index in [9.17, 15) is 10.2 Å². The van der Waals surface area contributed by atoms with Crippen LogP contribution in [0.15, 0.2) is 18.2 Å². The maximum absolute atomic E-state index is 9.43. The third kappa shape index (κ3) is 3.11. The molecule has 4 heteroatoms. The van der Waals surface area contributed by atoms with Gasteiger partial charge >= 0.3 is 0 Å². The lowest BCUT2D eigenvalue weighted by molar-refractivity contribution is 0.314. The van der Waals surface area contributed by atoms with Gasteiger partial charge in [0, 0.05) is 13.1 Å². The second-order valence-electron chi connectivity index (χ2n) is 4.77. The van der Waals surface area contributed by atoms with Gasteiger partial charge in [-0.25, -0.2) is 0 Å². The van der Waals surface area contributed by atoms with E-state index in [1.165, 1.54) is 6.42 Å². The topological polar surface area (TPSA) is 55.7 Å². The Labute approximate surface area is 102 Å². The Hall–Kier alpha value is -1.26. The predicted molar refractivity (Wildman–Crippen MR) is 67.1 cm³/mol. The van der Waals surface area contributed by atoms with Crippen LogP contribution in [0.3, 0.4) is 0 Å². The molecule has 3 N–H and O–H groups in total. The second-order valence-corrected chi connectivity index (χ2v) is 4.77. The van der Waals surface area contributed by atoms with Crippen LogP contribution in [-0.2, 0) is 6.54 Å². The number of nitrogens with one attached hydrogen (secondary N) is 1. The number of aromatic hydroxyl groups is 2. The molecule has 0 aliphatic carbocycles. The van der Waals surface area contributed by atoms with E-state index >= 15 is 0 Å². The molecule has 0 bridgehead atoms. The van der Waals surface area contributed by atoms with Gasteiger partial charge in [0.05, 0.1) is 0 Å². The molecule has 0 amide bonds. The van der Waals surface area contributed by atoms with Gasteiger partial charge in [0.1, 0.15) is 0 Å². The summed E-state index contributed by atoms with van der Waals surface area (Å²) in [5.74, 6) is 0.641. The molecule has 1 fully saturated rings. The number of phenolic OH excluding ortho intramolecular Hbond substituents is 2. The molecule has 4 nitrogen and oxygen atoms in total. The van der Waals surface area contributed by atoms with Crippen LogP contribution in [0.25, 0.3) is 0 Å². The summed E-state index contributed by atoms with van der Waals surface area (Å²) in [5.41, 5.74) is 1.05. The first kappa shape index (κ1) is 12.2. The van der Waals surface area contributed by atoms with E-state index in [0.29, 0.717) is 0 Å². The van der Waals surface area contributed by atoms with Crippen LogP contribution < -0.4 is 5.32 Å². The molecule has 1 aliphatic rings. The highest BCUT2D eigenvalue weighted by molar-refractivity contribution is 5.40. The summed E-state index contributed by atoms with van der Waals surface area (Å²) in [7, 11) is 1.99. The van der Waals surface area contributed by atoms with Crippen molar-refractivity contribution in [1.82, 2.24) is 10.2 Å². The minimum absolute atomic E-state index is 0.0338. The molecular weight excluding hydrogens is 216 g/mol. The number of hydrogen-bond donors (Lipinski definition) is 3. The molecular formula is C13H20N2O2. The van der Waals surface area contributed by atoms with Gasteiger partial charge in [-0.15, -0.1) is 0 Å². The largest absolute Gasteiger partial charge is 0.504 e. The predicted octanol–water partition coefficient (Wildman–Crippen LogP) is 1.14. The molecule has 0 spiro atoms. The van der Waals surface area contributed by atoms with Crippen molar-refractivity contribution in [3.63, 3.8) is 0 Å². The Kier molecular flexibility index (Phi) is 3.86. The first-order chi connectivity index (χ1) is 8.19. The van der Waals surface area contributed by atoms with Crippen LogP contribution >= 0.6 is 0 Å². The maximum atomic E-state index is 9.43. The van der Waals surface area contributed by atoms with Gasteiger partial charge in [-0.3, -0.25) is 4.90 Å². The molecule has 0 radical (unpaired) electrons. The summed E-state index contributed by atoms with van der Waals surface area (Å²) in [5, 5.41) is 21.9. The molecule has 2 rings (SSSR count). The van der Waals surface area contributed by atoms with Crippen molar-refractivity contribution < 1.29 is 10.2 Å². The van der Waals surface area contributed by atoms with Crippen LogP contribution in [0.1, 0.15) is 12.0 Å². The summed E-state index contributed by atoms with van der Waals surface area (Å²) in [6.07, 6.45) is 1.23. The number of likely N-dealkylation sites (tertiary alicyclic amines) is 1. The van der Waals surface area contributed by atoms with Crippen LogP contribution in [0.2, 0.25) is 0 Å². The second kappa shape index (κ2) is 5.38. The Balaban J connectivity index is 1.91. The molecule has 17 heavy (non-hydrogen) atoms. The molecule has 0 saturated carbocycles. The summed E-state index contributed by atoms with van der Waals surface area (Å²) < 4.78 is 0. The maximum Gasteiger partial charge on any atom is 0.157 e. The van der Waals surface area contributed by atoms with Crippen molar-refractivity contribution in [2.24, 2.45) is 5.92 Å². The smallest absolute Gasteiger partial charge is 0.157 e. The quantitative estimate of drug-likeness (QED) is 0.686. The molecule has 1 aliphatic heterocycles. The molecule has 1 saturated heterocycles. The number of rotatable bonds is 4. The number of hydrogen-bond acceptors (Lipinski definition) is 4. The zero-order valence-electron chi connectivity index (χ0n) is 10.2. The molecule has 1 atom stereocenters. The van der Waals surface area contributed by atoms with E-state index < -0.39 is 0 Å². The van der Waals surface area contributed by atoms with Gasteiger partial charge in [-0.1, -0.05) is 6.07 Å². The van der Waals surface area contributed by atoms with Gasteiger partial charge < -0.3 is 15.5 Å². The van der Waals surface area contributed by atoms with Crippen LogP contribution in [0.5, 0.6) is 11.5 Å².